The molecule has 0 aliphatic rings. The Morgan fingerprint density at radius 1 is 0.971 bits per heavy atom. The van der Waals surface area contributed by atoms with Gasteiger partial charge >= 0.3 is 19.7 Å². The zero-order valence-electron chi connectivity index (χ0n) is 20.1. The molecular formula is C23H30NO9PS. The Hall–Kier alpha value is -2.88. The molecule has 2 rings (SSSR count). The van der Waals surface area contributed by atoms with Gasteiger partial charge in [0.1, 0.15) is 17.5 Å². The summed E-state index contributed by atoms with van der Waals surface area (Å²) in [5.74, 6) is -0.825. The standard InChI is InChI=1S/C23H30NO9PS/c1-5-30-22(25)16-11-18-9-7-8-10-21(18)33-34(27,24-17(3)23(26)31-6-2)32-19-12-14-20(15-13-19)35(4,28)29/h7-10,12-15,17H,5-6,11,16H2,1-4H3,(H,24,27). The second-order valence-electron chi connectivity index (χ2n) is 7.44. The van der Waals surface area contributed by atoms with E-state index in [4.69, 9.17) is 18.5 Å². The molecule has 0 saturated heterocycles. The Bertz CT molecular complexity index is 1170. The SMILES string of the molecule is CCOC(=O)CCc1ccccc1OP(=O)(NC(C)C(=O)OCC)Oc1ccc(S(C)(=O)=O)cc1. The number of sulfone groups is 1. The topological polar surface area (TPSA) is 134 Å². The van der Waals surface area contributed by atoms with E-state index >= 15 is 0 Å². The van der Waals surface area contributed by atoms with E-state index in [0.29, 0.717) is 5.56 Å². The van der Waals surface area contributed by atoms with Gasteiger partial charge in [-0.15, -0.1) is 0 Å². The number of rotatable bonds is 13. The molecule has 35 heavy (non-hydrogen) atoms. The van der Waals surface area contributed by atoms with Crippen molar-refractivity contribution in [1.29, 1.82) is 0 Å². The Morgan fingerprint density at radius 3 is 2.20 bits per heavy atom. The molecule has 0 fully saturated rings. The maximum atomic E-state index is 13.8. The van der Waals surface area contributed by atoms with Crippen molar-refractivity contribution in [2.24, 2.45) is 0 Å². The van der Waals surface area contributed by atoms with Crippen LogP contribution in [0.4, 0.5) is 0 Å². The number of ether oxygens (including phenoxy) is 2. The van der Waals surface area contributed by atoms with Crippen LogP contribution in [-0.4, -0.2) is 45.9 Å². The molecule has 0 spiro atoms. The first kappa shape index (κ1) is 28.4. The molecule has 2 unspecified atom stereocenters. The molecule has 0 radical (unpaired) electrons. The number of benzene rings is 2. The van der Waals surface area contributed by atoms with Gasteiger partial charge in [-0.2, -0.15) is 5.09 Å². The molecule has 0 aliphatic heterocycles. The second kappa shape index (κ2) is 12.7. The van der Waals surface area contributed by atoms with Crippen molar-refractivity contribution in [2.45, 2.75) is 44.6 Å². The van der Waals surface area contributed by atoms with E-state index in [1.165, 1.54) is 31.2 Å². The van der Waals surface area contributed by atoms with Gasteiger partial charge in [-0.1, -0.05) is 18.2 Å². The minimum Gasteiger partial charge on any atom is -0.466 e. The summed E-state index contributed by atoms with van der Waals surface area (Å²) in [5.41, 5.74) is 0.572. The summed E-state index contributed by atoms with van der Waals surface area (Å²) in [4.78, 5) is 24.0. The Morgan fingerprint density at radius 2 is 1.60 bits per heavy atom. The first-order valence-electron chi connectivity index (χ1n) is 10.9. The lowest BCUT2D eigenvalue weighted by atomic mass is 10.1. The molecular weight excluding hydrogens is 497 g/mol. The van der Waals surface area contributed by atoms with Crippen LogP contribution in [0.5, 0.6) is 11.5 Å². The monoisotopic (exact) mass is 527 g/mol. The van der Waals surface area contributed by atoms with Gasteiger partial charge in [0.25, 0.3) is 0 Å². The lowest BCUT2D eigenvalue weighted by molar-refractivity contribution is -0.145. The van der Waals surface area contributed by atoms with Gasteiger partial charge in [-0.25, -0.2) is 13.0 Å². The summed E-state index contributed by atoms with van der Waals surface area (Å²) >= 11 is 0. The molecule has 12 heteroatoms. The van der Waals surface area contributed by atoms with E-state index in [-0.39, 0.29) is 48.4 Å². The lowest BCUT2D eigenvalue weighted by Gasteiger charge is -2.24. The Kier molecular flexibility index (Phi) is 10.3. The highest BCUT2D eigenvalue weighted by molar-refractivity contribution is 7.90. The Labute approximate surface area is 205 Å². The van der Waals surface area contributed by atoms with Crippen molar-refractivity contribution in [2.75, 3.05) is 19.5 Å². The molecule has 2 atom stereocenters. The number of carbonyl (C=O) groups is 2. The van der Waals surface area contributed by atoms with E-state index < -0.39 is 29.6 Å². The zero-order valence-corrected chi connectivity index (χ0v) is 21.8. The van der Waals surface area contributed by atoms with Crippen LogP contribution in [0.2, 0.25) is 0 Å². The first-order valence-corrected chi connectivity index (χ1v) is 14.4. The lowest BCUT2D eigenvalue weighted by Crippen LogP contribution is -2.35. The molecule has 0 amide bonds. The molecule has 0 bridgehead atoms. The molecule has 0 aliphatic carbocycles. The number of para-hydroxylation sites is 1. The molecule has 0 aromatic heterocycles. The molecule has 0 saturated carbocycles. The number of aryl methyl sites for hydroxylation is 1. The molecule has 2 aromatic rings. The third-order valence-corrected chi connectivity index (χ3v) is 7.28. The maximum absolute atomic E-state index is 13.8. The van der Waals surface area contributed by atoms with Crippen molar-refractivity contribution in [1.82, 2.24) is 5.09 Å². The second-order valence-corrected chi connectivity index (χ2v) is 11.1. The van der Waals surface area contributed by atoms with E-state index in [1.54, 1.807) is 38.1 Å². The molecule has 0 heterocycles. The van der Waals surface area contributed by atoms with Crippen molar-refractivity contribution in [3.63, 3.8) is 0 Å². The third-order valence-electron chi connectivity index (χ3n) is 4.56. The molecule has 1 N–H and O–H groups in total. The van der Waals surface area contributed by atoms with E-state index in [0.717, 1.165) is 6.26 Å². The fourth-order valence-corrected chi connectivity index (χ4v) is 5.10. The summed E-state index contributed by atoms with van der Waals surface area (Å²) in [6, 6.07) is 10.9. The summed E-state index contributed by atoms with van der Waals surface area (Å²) in [5, 5.41) is 2.56. The summed E-state index contributed by atoms with van der Waals surface area (Å²) < 4.78 is 58.5. The highest BCUT2D eigenvalue weighted by Gasteiger charge is 2.34. The fraction of sp³-hybridized carbons (Fsp3) is 0.391. The zero-order chi connectivity index (χ0) is 26.1. The smallest absolute Gasteiger partial charge is 0.466 e. The molecule has 10 nitrogen and oxygen atoms in total. The summed E-state index contributed by atoms with van der Waals surface area (Å²) in [6.07, 6.45) is 1.40. The number of hydrogen-bond donors (Lipinski definition) is 1. The average Bonchev–Trinajstić information content (AvgIpc) is 2.78. The molecule has 2 aromatic carbocycles. The van der Waals surface area contributed by atoms with E-state index in [9.17, 15) is 22.6 Å². The van der Waals surface area contributed by atoms with Crippen LogP contribution >= 0.6 is 7.75 Å². The largest absolute Gasteiger partial charge is 0.513 e. The van der Waals surface area contributed by atoms with E-state index in [1.807, 2.05) is 0 Å². The van der Waals surface area contributed by atoms with Crippen LogP contribution < -0.4 is 14.1 Å². The van der Waals surface area contributed by atoms with Crippen LogP contribution in [0.3, 0.4) is 0 Å². The first-order chi connectivity index (χ1) is 16.5. The van der Waals surface area contributed by atoms with Crippen LogP contribution in [0.1, 0.15) is 32.8 Å². The summed E-state index contributed by atoms with van der Waals surface area (Å²) in [6.45, 7) is 5.17. The minimum absolute atomic E-state index is 0.0493. The van der Waals surface area contributed by atoms with Gasteiger partial charge in [0.15, 0.2) is 9.84 Å². The molecule has 192 valence electrons. The highest BCUT2D eigenvalue weighted by atomic mass is 32.2. The van der Waals surface area contributed by atoms with E-state index in [2.05, 4.69) is 5.09 Å². The van der Waals surface area contributed by atoms with Crippen molar-refractivity contribution in [3.05, 3.63) is 54.1 Å². The quantitative estimate of drug-likeness (QED) is 0.304. The van der Waals surface area contributed by atoms with Crippen LogP contribution in [0, 0.1) is 0 Å². The normalized spacial score (nSPS) is 13.8. The fourth-order valence-electron chi connectivity index (χ4n) is 2.91. The highest BCUT2D eigenvalue weighted by Crippen LogP contribution is 2.46. The van der Waals surface area contributed by atoms with Crippen LogP contribution in [-0.2, 0) is 39.9 Å². The van der Waals surface area contributed by atoms with Gasteiger partial charge in [-0.05, 0) is 63.1 Å². The number of nitrogens with one attached hydrogen (secondary N) is 1. The number of hydrogen-bond acceptors (Lipinski definition) is 9. The Balaban J connectivity index is 2.33. The van der Waals surface area contributed by atoms with Gasteiger partial charge < -0.3 is 18.5 Å². The van der Waals surface area contributed by atoms with Crippen molar-refractivity contribution < 1.29 is 41.1 Å². The van der Waals surface area contributed by atoms with Gasteiger partial charge in [0.05, 0.1) is 18.1 Å². The van der Waals surface area contributed by atoms with Gasteiger partial charge in [0, 0.05) is 12.7 Å². The predicted octanol–water partition coefficient (Wildman–Crippen LogP) is 3.69. The van der Waals surface area contributed by atoms with Crippen molar-refractivity contribution in [3.8, 4) is 11.5 Å². The van der Waals surface area contributed by atoms with Crippen molar-refractivity contribution >= 4 is 29.5 Å². The van der Waals surface area contributed by atoms with Crippen LogP contribution in [0.15, 0.2) is 53.4 Å². The van der Waals surface area contributed by atoms with Gasteiger partial charge in [-0.3, -0.25) is 9.59 Å². The average molecular weight is 528 g/mol. The predicted molar refractivity (Wildman–Crippen MR) is 129 cm³/mol. The maximum Gasteiger partial charge on any atom is 0.513 e. The minimum atomic E-state index is -4.26. The number of esters is 2. The van der Waals surface area contributed by atoms with Gasteiger partial charge in [0.2, 0.25) is 0 Å². The third kappa shape index (κ3) is 9.01. The summed E-state index contributed by atoms with van der Waals surface area (Å²) in [7, 11) is -7.70. The van der Waals surface area contributed by atoms with Crippen LogP contribution in [0.25, 0.3) is 0 Å². The number of carbonyl (C=O) groups excluding carboxylic acids is 2.